The van der Waals surface area contributed by atoms with E-state index in [4.69, 9.17) is 0 Å². The molecule has 0 amide bonds. The van der Waals surface area contributed by atoms with Crippen LogP contribution in [0.1, 0.15) is 33.6 Å². The molecule has 0 heterocycles. The van der Waals surface area contributed by atoms with Crippen LogP contribution in [0.5, 0.6) is 0 Å². The number of rotatable bonds is 10. The van der Waals surface area contributed by atoms with Gasteiger partial charge in [0.15, 0.2) is 0 Å². The lowest BCUT2D eigenvalue weighted by atomic mass is 10.3. The Balaban J connectivity index is 3.52. The average molecular weight is 232 g/mol. The molecule has 0 aromatic heterocycles. The van der Waals surface area contributed by atoms with Crippen molar-refractivity contribution in [2.24, 2.45) is 0 Å². The van der Waals surface area contributed by atoms with Crippen LogP contribution < -0.4 is 0 Å². The topological polar surface area (TPSA) is 6.48 Å². The van der Waals surface area contributed by atoms with Crippen LogP contribution in [0.4, 0.5) is 0 Å². The molecule has 0 aliphatic carbocycles. The van der Waals surface area contributed by atoms with Crippen LogP contribution in [0.3, 0.4) is 0 Å². The van der Waals surface area contributed by atoms with E-state index in [-0.39, 0.29) is 0 Å². The zero-order chi connectivity index (χ0) is 11.5. The van der Waals surface area contributed by atoms with Crippen LogP contribution in [0.15, 0.2) is 0 Å². The Morgan fingerprint density at radius 1 is 0.733 bits per heavy atom. The summed E-state index contributed by atoms with van der Waals surface area (Å²) in [5.74, 6) is 1.01. The van der Waals surface area contributed by atoms with Crippen molar-refractivity contribution >= 4 is 12.6 Å². The molecule has 0 unspecified atom stereocenters. The van der Waals surface area contributed by atoms with E-state index in [2.05, 4.69) is 43.2 Å². The zero-order valence-corrected chi connectivity index (χ0v) is 11.6. The van der Waals surface area contributed by atoms with Crippen LogP contribution in [0.25, 0.3) is 0 Å². The number of hydrogen-bond acceptors (Lipinski definition) is 3. The summed E-state index contributed by atoms with van der Waals surface area (Å²) in [6.45, 7) is 13.9. The summed E-state index contributed by atoms with van der Waals surface area (Å²) in [6.07, 6.45) is 2.50. The van der Waals surface area contributed by atoms with Crippen molar-refractivity contribution in [2.45, 2.75) is 33.6 Å². The quantitative estimate of drug-likeness (QED) is 0.578. The minimum atomic E-state index is 1.01. The highest BCUT2D eigenvalue weighted by molar-refractivity contribution is 7.80. The standard InChI is InChI=1S/C12H28N2S/c1-4-13(5-2)9-7-10-14(6-3)11-8-12-15/h15H,4-12H2,1-3H3. The van der Waals surface area contributed by atoms with Gasteiger partial charge in [0.05, 0.1) is 0 Å². The molecule has 0 saturated heterocycles. The van der Waals surface area contributed by atoms with Gasteiger partial charge >= 0.3 is 0 Å². The van der Waals surface area contributed by atoms with Gasteiger partial charge in [0.1, 0.15) is 0 Å². The number of hydrogen-bond donors (Lipinski definition) is 1. The van der Waals surface area contributed by atoms with Gasteiger partial charge in [0, 0.05) is 0 Å². The fourth-order valence-corrected chi connectivity index (χ4v) is 1.92. The summed E-state index contributed by atoms with van der Waals surface area (Å²) in [5, 5.41) is 0. The van der Waals surface area contributed by atoms with E-state index in [1.165, 1.54) is 52.1 Å². The van der Waals surface area contributed by atoms with Crippen LogP contribution >= 0.6 is 12.6 Å². The molecule has 0 aliphatic heterocycles. The molecule has 0 aliphatic rings. The van der Waals surface area contributed by atoms with Gasteiger partial charge in [0.25, 0.3) is 0 Å². The van der Waals surface area contributed by atoms with Crippen molar-refractivity contribution in [3.05, 3.63) is 0 Å². The molecule has 0 aromatic carbocycles. The highest BCUT2D eigenvalue weighted by atomic mass is 32.1. The molecule has 15 heavy (non-hydrogen) atoms. The zero-order valence-electron chi connectivity index (χ0n) is 10.7. The highest BCUT2D eigenvalue weighted by Gasteiger charge is 2.03. The molecule has 0 rings (SSSR count). The SMILES string of the molecule is CCN(CC)CCCN(CC)CCCS. The first-order valence-corrected chi connectivity index (χ1v) is 6.97. The summed E-state index contributed by atoms with van der Waals surface area (Å²) in [7, 11) is 0. The second-order valence-electron chi connectivity index (χ2n) is 3.89. The maximum atomic E-state index is 4.25. The average Bonchev–Trinajstić information content (AvgIpc) is 2.28. The van der Waals surface area contributed by atoms with Gasteiger partial charge in [-0.1, -0.05) is 20.8 Å². The Hall–Kier alpha value is 0.270. The summed E-state index contributed by atoms with van der Waals surface area (Å²) < 4.78 is 0. The fraction of sp³-hybridized carbons (Fsp3) is 1.00. The molecule has 2 nitrogen and oxygen atoms in total. The summed E-state index contributed by atoms with van der Waals surface area (Å²) in [6, 6.07) is 0. The highest BCUT2D eigenvalue weighted by Crippen LogP contribution is 1.97. The third kappa shape index (κ3) is 8.12. The van der Waals surface area contributed by atoms with E-state index in [9.17, 15) is 0 Å². The number of thiol groups is 1. The molecule has 0 aromatic rings. The Morgan fingerprint density at radius 3 is 1.67 bits per heavy atom. The van der Waals surface area contributed by atoms with Crippen LogP contribution in [-0.4, -0.2) is 54.8 Å². The smallest absolute Gasteiger partial charge is 0.000666 e. The van der Waals surface area contributed by atoms with E-state index in [0.717, 1.165) is 5.75 Å². The van der Waals surface area contributed by atoms with Crippen molar-refractivity contribution in [3.63, 3.8) is 0 Å². The third-order valence-electron chi connectivity index (χ3n) is 2.92. The van der Waals surface area contributed by atoms with Crippen molar-refractivity contribution in [1.29, 1.82) is 0 Å². The minimum absolute atomic E-state index is 1.01. The lowest BCUT2D eigenvalue weighted by Gasteiger charge is -2.23. The maximum absolute atomic E-state index is 4.25. The molecule has 92 valence electrons. The molecule has 0 saturated carbocycles. The summed E-state index contributed by atoms with van der Waals surface area (Å²) >= 11 is 4.25. The van der Waals surface area contributed by atoms with Crippen molar-refractivity contribution in [3.8, 4) is 0 Å². The first kappa shape index (κ1) is 15.3. The molecular weight excluding hydrogens is 204 g/mol. The molecular formula is C12H28N2S. The van der Waals surface area contributed by atoms with E-state index < -0.39 is 0 Å². The second kappa shape index (κ2) is 10.8. The predicted molar refractivity (Wildman–Crippen MR) is 73.0 cm³/mol. The Bertz CT molecular complexity index is 127. The molecule has 0 fully saturated rings. The molecule has 0 N–H and O–H groups in total. The van der Waals surface area contributed by atoms with Gasteiger partial charge in [-0.05, 0) is 57.9 Å². The summed E-state index contributed by atoms with van der Waals surface area (Å²) in [5.41, 5.74) is 0. The van der Waals surface area contributed by atoms with Gasteiger partial charge in [-0.25, -0.2) is 0 Å². The Labute approximate surface area is 101 Å². The molecule has 0 bridgehead atoms. The van der Waals surface area contributed by atoms with Gasteiger partial charge in [-0.15, -0.1) is 0 Å². The monoisotopic (exact) mass is 232 g/mol. The number of nitrogens with zero attached hydrogens (tertiary/aromatic N) is 2. The Kier molecular flexibility index (Phi) is 11.0. The molecule has 3 heteroatoms. The van der Waals surface area contributed by atoms with E-state index in [1.807, 2.05) is 0 Å². The summed E-state index contributed by atoms with van der Waals surface area (Å²) in [4.78, 5) is 5.02. The van der Waals surface area contributed by atoms with Crippen LogP contribution in [0, 0.1) is 0 Å². The van der Waals surface area contributed by atoms with Crippen LogP contribution in [-0.2, 0) is 0 Å². The molecule has 0 atom stereocenters. The first-order chi connectivity index (χ1) is 7.28. The van der Waals surface area contributed by atoms with Gasteiger partial charge in [-0.2, -0.15) is 12.6 Å². The first-order valence-electron chi connectivity index (χ1n) is 6.33. The van der Waals surface area contributed by atoms with Gasteiger partial charge in [-0.3, -0.25) is 0 Å². The second-order valence-corrected chi connectivity index (χ2v) is 4.34. The van der Waals surface area contributed by atoms with E-state index in [0.29, 0.717) is 0 Å². The van der Waals surface area contributed by atoms with Crippen molar-refractivity contribution in [2.75, 3.05) is 45.0 Å². The van der Waals surface area contributed by atoms with E-state index in [1.54, 1.807) is 0 Å². The molecule has 0 radical (unpaired) electrons. The third-order valence-corrected chi connectivity index (χ3v) is 3.24. The minimum Gasteiger partial charge on any atom is -0.304 e. The van der Waals surface area contributed by atoms with Gasteiger partial charge < -0.3 is 9.80 Å². The largest absolute Gasteiger partial charge is 0.304 e. The predicted octanol–water partition coefficient (Wildman–Crippen LogP) is 2.36. The van der Waals surface area contributed by atoms with Crippen molar-refractivity contribution < 1.29 is 0 Å². The van der Waals surface area contributed by atoms with Crippen LogP contribution in [0.2, 0.25) is 0 Å². The lowest BCUT2D eigenvalue weighted by molar-refractivity contribution is 0.244. The lowest BCUT2D eigenvalue weighted by Crippen LogP contribution is -2.30. The van der Waals surface area contributed by atoms with Crippen molar-refractivity contribution in [1.82, 2.24) is 9.80 Å². The maximum Gasteiger partial charge on any atom is -0.000666 e. The molecule has 0 spiro atoms. The van der Waals surface area contributed by atoms with Gasteiger partial charge in [0.2, 0.25) is 0 Å². The Morgan fingerprint density at radius 2 is 1.20 bits per heavy atom. The van der Waals surface area contributed by atoms with E-state index >= 15 is 0 Å². The normalized spacial score (nSPS) is 11.6. The fourth-order valence-electron chi connectivity index (χ4n) is 1.78.